The minimum atomic E-state index is -0.660. The topological polar surface area (TPSA) is 95.5 Å². The second-order valence-electron chi connectivity index (χ2n) is 7.96. The van der Waals surface area contributed by atoms with Crippen LogP contribution in [-0.2, 0) is 9.59 Å². The fourth-order valence-corrected chi connectivity index (χ4v) is 4.40. The average Bonchev–Trinajstić information content (AvgIpc) is 3.24. The maximum Gasteiger partial charge on any atom is 0.276 e. The monoisotopic (exact) mass is 481 g/mol. The largest absolute Gasteiger partial charge is 0.497 e. The van der Waals surface area contributed by atoms with Crippen LogP contribution in [0.25, 0.3) is 0 Å². The lowest BCUT2D eigenvalue weighted by Gasteiger charge is -2.32. The molecule has 0 aromatic heterocycles. The van der Waals surface area contributed by atoms with Crippen molar-refractivity contribution in [3.8, 4) is 11.5 Å². The predicted molar refractivity (Wildman–Crippen MR) is 134 cm³/mol. The van der Waals surface area contributed by atoms with Crippen LogP contribution < -0.4 is 25.1 Å². The summed E-state index contributed by atoms with van der Waals surface area (Å²) < 4.78 is 10.5. The summed E-state index contributed by atoms with van der Waals surface area (Å²) >= 11 is 1.26. The molecule has 10 heteroatoms. The molecule has 0 saturated heterocycles. The molecule has 2 amide bonds. The summed E-state index contributed by atoms with van der Waals surface area (Å²) in [6.07, 6.45) is 2.86. The van der Waals surface area contributed by atoms with Gasteiger partial charge in [-0.05, 0) is 44.0 Å². The van der Waals surface area contributed by atoms with Gasteiger partial charge in [0.25, 0.3) is 5.91 Å². The number of aryl methyl sites for hydroxylation is 2. The van der Waals surface area contributed by atoms with E-state index in [2.05, 4.69) is 15.8 Å². The van der Waals surface area contributed by atoms with Gasteiger partial charge in [-0.3, -0.25) is 24.8 Å². The second kappa shape index (κ2) is 9.68. The number of carbonyl (C=O) groups is 2. The van der Waals surface area contributed by atoms with Crippen LogP contribution in [0.15, 0.2) is 53.9 Å². The fraction of sp³-hybridized carbons (Fsp3) is 0.292. The molecule has 0 fully saturated rings. The number of rotatable bonds is 6. The number of hydrazone groups is 1. The number of hydrogen-bond acceptors (Lipinski definition) is 8. The number of methoxy groups -OCH3 is 2. The third-order valence-corrected chi connectivity index (χ3v) is 6.75. The SMILES string of the molecule is COc1cc(NC(=O)C(C)SC2=NNC3C(=O)N(c4ccc(C)c(C)c4)C=CN23)cc(OC)c1. The van der Waals surface area contributed by atoms with Crippen molar-refractivity contribution in [2.45, 2.75) is 32.2 Å². The van der Waals surface area contributed by atoms with E-state index in [1.165, 1.54) is 17.3 Å². The number of thioether (sulfide) groups is 1. The van der Waals surface area contributed by atoms with Crippen LogP contribution in [0.1, 0.15) is 18.1 Å². The molecule has 2 N–H and O–H groups in total. The van der Waals surface area contributed by atoms with Crippen LogP contribution in [0, 0.1) is 13.8 Å². The first-order valence-electron chi connectivity index (χ1n) is 10.7. The molecule has 2 aliphatic heterocycles. The van der Waals surface area contributed by atoms with Gasteiger partial charge in [0.1, 0.15) is 11.5 Å². The van der Waals surface area contributed by atoms with Gasteiger partial charge in [0.2, 0.25) is 12.1 Å². The van der Waals surface area contributed by atoms with Crippen LogP contribution in [0.3, 0.4) is 0 Å². The summed E-state index contributed by atoms with van der Waals surface area (Å²) in [7, 11) is 3.10. The Bertz CT molecular complexity index is 1160. The van der Waals surface area contributed by atoms with E-state index in [4.69, 9.17) is 9.47 Å². The Morgan fingerprint density at radius 3 is 2.44 bits per heavy atom. The number of carbonyl (C=O) groups excluding carboxylic acids is 2. The number of benzene rings is 2. The highest BCUT2D eigenvalue weighted by molar-refractivity contribution is 8.14. The van der Waals surface area contributed by atoms with E-state index in [1.807, 2.05) is 32.0 Å². The lowest BCUT2D eigenvalue weighted by molar-refractivity contribution is -0.122. The highest BCUT2D eigenvalue weighted by Crippen LogP contribution is 2.30. The van der Waals surface area contributed by atoms with Crippen LogP contribution in [0.2, 0.25) is 0 Å². The van der Waals surface area contributed by atoms with Crippen LogP contribution >= 0.6 is 11.8 Å². The van der Waals surface area contributed by atoms with Crippen LogP contribution in [0.4, 0.5) is 11.4 Å². The van der Waals surface area contributed by atoms with Gasteiger partial charge < -0.3 is 14.8 Å². The number of ether oxygens (including phenoxy) is 2. The van der Waals surface area contributed by atoms with E-state index in [1.54, 1.807) is 61.5 Å². The highest BCUT2D eigenvalue weighted by Gasteiger charge is 2.39. The van der Waals surface area contributed by atoms with E-state index in [0.717, 1.165) is 11.3 Å². The van der Waals surface area contributed by atoms with Gasteiger partial charge in [-0.1, -0.05) is 17.8 Å². The fourth-order valence-electron chi connectivity index (χ4n) is 3.53. The number of amides is 2. The Kier molecular flexibility index (Phi) is 6.69. The lowest BCUT2D eigenvalue weighted by atomic mass is 10.1. The van der Waals surface area contributed by atoms with Gasteiger partial charge in [0, 0.05) is 42.0 Å². The third-order valence-electron chi connectivity index (χ3n) is 5.67. The molecule has 2 heterocycles. The molecular formula is C24H27N5O4S. The molecule has 0 aliphatic carbocycles. The van der Waals surface area contributed by atoms with E-state index in [9.17, 15) is 9.59 Å². The second-order valence-corrected chi connectivity index (χ2v) is 9.27. The molecule has 0 radical (unpaired) electrons. The molecule has 4 rings (SSSR count). The summed E-state index contributed by atoms with van der Waals surface area (Å²) in [6.45, 7) is 5.83. The first-order chi connectivity index (χ1) is 16.3. The van der Waals surface area contributed by atoms with Crippen LogP contribution in [0.5, 0.6) is 11.5 Å². The molecule has 2 aromatic carbocycles. The maximum atomic E-state index is 13.1. The van der Waals surface area contributed by atoms with Crippen molar-refractivity contribution >= 4 is 40.1 Å². The van der Waals surface area contributed by atoms with Gasteiger partial charge in [0.05, 0.1) is 19.5 Å². The maximum absolute atomic E-state index is 13.1. The van der Waals surface area contributed by atoms with E-state index >= 15 is 0 Å². The lowest BCUT2D eigenvalue weighted by Crippen LogP contribution is -2.52. The van der Waals surface area contributed by atoms with Gasteiger partial charge >= 0.3 is 0 Å². The first kappa shape index (κ1) is 23.5. The van der Waals surface area contributed by atoms with Crippen molar-refractivity contribution in [2.24, 2.45) is 5.10 Å². The molecule has 178 valence electrons. The molecule has 0 saturated carbocycles. The standard InChI is InChI=1S/C24H27N5O4S/c1-14-6-7-18(10-15(14)2)28-8-9-29-21(23(28)31)26-27-24(29)34-16(3)22(30)25-17-11-19(32-4)13-20(12-17)33-5/h6-13,16,21,26H,1-5H3,(H,25,30). The summed E-state index contributed by atoms with van der Waals surface area (Å²) in [6, 6.07) is 11.1. The van der Waals surface area contributed by atoms with Gasteiger partial charge in [-0.15, -0.1) is 0 Å². The van der Waals surface area contributed by atoms with Crippen molar-refractivity contribution in [1.82, 2.24) is 10.3 Å². The number of hydrogen-bond donors (Lipinski definition) is 2. The smallest absolute Gasteiger partial charge is 0.276 e. The number of nitrogens with zero attached hydrogens (tertiary/aromatic N) is 3. The van der Waals surface area contributed by atoms with Crippen molar-refractivity contribution < 1.29 is 19.1 Å². The molecule has 34 heavy (non-hydrogen) atoms. The summed E-state index contributed by atoms with van der Waals surface area (Å²) in [5.74, 6) is 0.793. The molecule has 2 atom stereocenters. The van der Waals surface area contributed by atoms with E-state index in [-0.39, 0.29) is 11.8 Å². The van der Waals surface area contributed by atoms with Crippen molar-refractivity contribution in [3.05, 3.63) is 59.9 Å². The van der Waals surface area contributed by atoms with Gasteiger partial charge in [0.15, 0.2) is 5.17 Å². The predicted octanol–water partition coefficient (Wildman–Crippen LogP) is 3.40. The van der Waals surface area contributed by atoms with Crippen molar-refractivity contribution in [2.75, 3.05) is 24.4 Å². The minimum absolute atomic E-state index is 0.148. The van der Waals surface area contributed by atoms with Crippen LogP contribution in [-0.4, -0.2) is 47.5 Å². The zero-order valence-electron chi connectivity index (χ0n) is 19.7. The molecule has 0 bridgehead atoms. The Hall–Kier alpha value is -3.66. The van der Waals surface area contributed by atoms with Gasteiger partial charge in [-0.25, -0.2) is 0 Å². The molecular weight excluding hydrogens is 454 g/mol. The van der Waals surface area contributed by atoms with Gasteiger partial charge in [-0.2, -0.15) is 5.10 Å². The molecule has 2 aromatic rings. The Labute approximate surface area is 202 Å². The third kappa shape index (κ3) is 4.67. The minimum Gasteiger partial charge on any atom is -0.497 e. The van der Waals surface area contributed by atoms with Crippen molar-refractivity contribution in [1.29, 1.82) is 0 Å². The van der Waals surface area contributed by atoms with Crippen molar-refractivity contribution in [3.63, 3.8) is 0 Å². The average molecular weight is 482 g/mol. The summed E-state index contributed by atoms with van der Waals surface area (Å²) in [5, 5.41) is 7.26. The number of anilines is 2. The zero-order chi connectivity index (χ0) is 24.4. The quantitative estimate of drug-likeness (QED) is 0.653. The number of nitrogens with one attached hydrogen (secondary N) is 2. The first-order valence-corrected chi connectivity index (χ1v) is 11.6. The number of fused-ring (bicyclic) bond motifs is 1. The van der Waals surface area contributed by atoms with E-state index < -0.39 is 11.4 Å². The molecule has 0 spiro atoms. The number of amidine groups is 1. The Morgan fingerprint density at radius 1 is 1.09 bits per heavy atom. The normalized spacial score (nSPS) is 17.6. The Balaban J connectivity index is 1.43. The summed E-state index contributed by atoms with van der Waals surface area (Å²) in [5.41, 5.74) is 6.54. The highest BCUT2D eigenvalue weighted by atomic mass is 32.2. The molecule has 2 aliphatic rings. The zero-order valence-corrected chi connectivity index (χ0v) is 20.5. The van der Waals surface area contributed by atoms with E-state index in [0.29, 0.717) is 22.4 Å². The molecule has 2 unspecified atom stereocenters. The molecule has 9 nitrogen and oxygen atoms in total. The summed E-state index contributed by atoms with van der Waals surface area (Å²) in [4.78, 5) is 29.3. The Morgan fingerprint density at radius 2 is 1.79 bits per heavy atom.